The van der Waals surface area contributed by atoms with Gasteiger partial charge in [-0.15, -0.1) is 0 Å². The largest absolute Gasteiger partial charge is 0.464 e. The van der Waals surface area contributed by atoms with E-state index in [0.717, 1.165) is 12.8 Å². The first kappa shape index (κ1) is 23.8. The molecule has 2 fully saturated rings. The Hall–Kier alpha value is -2.84. The van der Waals surface area contributed by atoms with Crippen molar-refractivity contribution in [2.45, 2.75) is 71.1 Å². The summed E-state index contributed by atoms with van der Waals surface area (Å²) < 4.78 is 10.2. The topological polar surface area (TPSA) is 110 Å². The van der Waals surface area contributed by atoms with Gasteiger partial charge in [0.25, 0.3) is 5.91 Å². The Morgan fingerprint density at radius 3 is 2.56 bits per heavy atom. The molecular formula is C23H34N4O5. The Morgan fingerprint density at radius 1 is 1.28 bits per heavy atom. The van der Waals surface area contributed by atoms with E-state index in [-0.39, 0.29) is 17.6 Å². The molecule has 1 aliphatic carbocycles. The van der Waals surface area contributed by atoms with Gasteiger partial charge >= 0.3 is 12.1 Å². The Morgan fingerprint density at radius 2 is 1.97 bits per heavy atom. The number of pyridine rings is 1. The molecule has 1 saturated heterocycles. The standard InChI is InChI=1S/C23H34N4O5/c1-14(15-7-8-15)25-19(28)16-12-24-17(20(29)31-6)11-18(16)27-10-9-23(5,13-27)26-21(30)32-22(2,3)4/h11-12,14-15H,7-10,13H2,1-6H3,(H,25,28)(H,26,30)/t14-,23?/m0/s1. The molecule has 0 radical (unpaired) electrons. The number of carbonyl (C=O) groups excluding carboxylic acids is 3. The van der Waals surface area contributed by atoms with Crippen LogP contribution in [0.25, 0.3) is 0 Å². The number of nitrogens with zero attached hydrogens (tertiary/aromatic N) is 2. The van der Waals surface area contributed by atoms with Crippen LogP contribution in [-0.4, -0.2) is 60.3 Å². The maximum atomic E-state index is 13.0. The molecule has 1 aromatic heterocycles. The highest BCUT2D eigenvalue weighted by atomic mass is 16.6. The van der Waals surface area contributed by atoms with Gasteiger partial charge in [0.2, 0.25) is 0 Å². The smallest absolute Gasteiger partial charge is 0.408 e. The minimum absolute atomic E-state index is 0.0771. The number of rotatable bonds is 6. The number of alkyl carbamates (subject to hydrolysis) is 1. The van der Waals surface area contributed by atoms with Crippen LogP contribution in [0.2, 0.25) is 0 Å². The SMILES string of the molecule is COC(=O)c1cc(N2CCC(C)(NC(=O)OC(C)(C)C)C2)c(C(=O)N[C@@H](C)C2CC2)cn1. The van der Waals surface area contributed by atoms with E-state index in [0.29, 0.717) is 36.7 Å². The summed E-state index contributed by atoms with van der Waals surface area (Å²) in [6.45, 7) is 10.4. The highest BCUT2D eigenvalue weighted by Crippen LogP contribution is 2.33. The monoisotopic (exact) mass is 446 g/mol. The summed E-state index contributed by atoms with van der Waals surface area (Å²) in [5.74, 6) is -0.284. The molecule has 0 aromatic carbocycles. The van der Waals surface area contributed by atoms with E-state index in [2.05, 4.69) is 15.6 Å². The summed E-state index contributed by atoms with van der Waals surface area (Å²) in [7, 11) is 1.29. The normalized spacial score (nSPS) is 21.6. The van der Waals surface area contributed by atoms with Crippen molar-refractivity contribution in [3.05, 3.63) is 23.5 Å². The first-order chi connectivity index (χ1) is 14.9. The van der Waals surface area contributed by atoms with E-state index in [9.17, 15) is 14.4 Å². The van der Waals surface area contributed by atoms with E-state index >= 15 is 0 Å². The molecule has 2 N–H and O–H groups in total. The van der Waals surface area contributed by atoms with E-state index < -0.39 is 23.2 Å². The highest BCUT2D eigenvalue weighted by molar-refractivity contribution is 6.01. The Balaban J connectivity index is 1.82. The summed E-state index contributed by atoms with van der Waals surface area (Å²) in [6.07, 6.45) is 3.83. The molecule has 1 saturated carbocycles. The second kappa shape index (κ2) is 8.96. The first-order valence-corrected chi connectivity index (χ1v) is 11.1. The molecule has 2 amide bonds. The van der Waals surface area contributed by atoms with Crippen molar-refractivity contribution < 1.29 is 23.9 Å². The third-order valence-electron chi connectivity index (χ3n) is 5.83. The van der Waals surface area contributed by atoms with Crippen molar-refractivity contribution in [2.75, 3.05) is 25.1 Å². The third-order valence-corrected chi connectivity index (χ3v) is 5.83. The van der Waals surface area contributed by atoms with Gasteiger partial charge < -0.3 is 25.0 Å². The zero-order chi connectivity index (χ0) is 23.7. The maximum absolute atomic E-state index is 13.0. The molecule has 9 nitrogen and oxygen atoms in total. The molecule has 3 rings (SSSR count). The fraction of sp³-hybridized carbons (Fsp3) is 0.652. The molecule has 0 spiro atoms. The summed E-state index contributed by atoms with van der Waals surface area (Å²) in [5.41, 5.74) is -0.0280. The second-order valence-electron chi connectivity index (χ2n) is 10.0. The van der Waals surface area contributed by atoms with Crippen LogP contribution < -0.4 is 15.5 Å². The van der Waals surface area contributed by atoms with Crippen LogP contribution in [-0.2, 0) is 9.47 Å². The maximum Gasteiger partial charge on any atom is 0.408 e. The van der Waals surface area contributed by atoms with Crippen molar-refractivity contribution in [2.24, 2.45) is 5.92 Å². The Kier molecular flexibility index (Phi) is 6.67. The lowest BCUT2D eigenvalue weighted by molar-refractivity contribution is 0.0472. The molecule has 2 heterocycles. The van der Waals surface area contributed by atoms with Gasteiger partial charge in [0.05, 0.1) is 23.9 Å². The number of hydrogen-bond donors (Lipinski definition) is 2. The van der Waals surface area contributed by atoms with E-state index in [1.54, 1.807) is 6.07 Å². The summed E-state index contributed by atoms with van der Waals surface area (Å²) in [4.78, 5) is 43.5. The Labute approximate surface area is 189 Å². The molecule has 1 aromatic rings. The number of methoxy groups -OCH3 is 1. The lowest BCUT2D eigenvalue weighted by Crippen LogP contribution is -2.49. The number of ether oxygens (including phenoxy) is 2. The fourth-order valence-electron chi connectivity index (χ4n) is 3.91. The van der Waals surface area contributed by atoms with E-state index in [4.69, 9.17) is 9.47 Å². The molecule has 2 aliphatic rings. The van der Waals surface area contributed by atoms with Crippen LogP contribution in [0.5, 0.6) is 0 Å². The molecular weight excluding hydrogens is 412 g/mol. The van der Waals surface area contributed by atoms with Crippen molar-refractivity contribution in [1.29, 1.82) is 0 Å². The minimum Gasteiger partial charge on any atom is -0.464 e. The molecule has 1 unspecified atom stereocenters. The quantitative estimate of drug-likeness (QED) is 0.647. The molecule has 9 heteroatoms. The van der Waals surface area contributed by atoms with Gasteiger partial charge in [-0.3, -0.25) is 4.79 Å². The van der Waals surface area contributed by atoms with E-state index in [1.165, 1.54) is 13.3 Å². The molecule has 2 atom stereocenters. The van der Waals surface area contributed by atoms with Gasteiger partial charge in [-0.1, -0.05) is 0 Å². The third kappa shape index (κ3) is 5.89. The lowest BCUT2D eigenvalue weighted by Gasteiger charge is -2.29. The number of aromatic nitrogens is 1. The fourth-order valence-corrected chi connectivity index (χ4v) is 3.91. The van der Waals surface area contributed by atoms with Gasteiger partial charge in [0, 0.05) is 25.3 Å². The van der Waals surface area contributed by atoms with E-state index in [1.807, 2.05) is 39.5 Å². The number of anilines is 1. The van der Waals surface area contributed by atoms with Gasteiger partial charge in [-0.05, 0) is 65.9 Å². The second-order valence-corrected chi connectivity index (χ2v) is 10.0. The Bertz CT molecular complexity index is 893. The van der Waals surface area contributed by atoms with Crippen LogP contribution in [0.15, 0.2) is 12.3 Å². The number of esters is 1. The minimum atomic E-state index is -0.594. The average molecular weight is 447 g/mol. The molecule has 1 aliphatic heterocycles. The number of hydrogen-bond acceptors (Lipinski definition) is 7. The molecule has 32 heavy (non-hydrogen) atoms. The lowest BCUT2D eigenvalue weighted by atomic mass is 10.0. The number of amides is 2. The first-order valence-electron chi connectivity index (χ1n) is 11.1. The number of nitrogens with one attached hydrogen (secondary N) is 2. The van der Waals surface area contributed by atoms with Crippen molar-refractivity contribution in [3.63, 3.8) is 0 Å². The van der Waals surface area contributed by atoms with Gasteiger partial charge in [0.1, 0.15) is 11.3 Å². The average Bonchev–Trinajstić information content (AvgIpc) is 3.48. The zero-order valence-corrected chi connectivity index (χ0v) is 19.8. The number of carbonyl (C=O) groups is 3. The summed E-state index contributed by atoms with van der Waals surface area (Å²) >= 11 is 0. The van der Waals surface area contributed by atoms with Crippen LogP contribution in [0, 0.1) is 5.92 Å². The van der Waals surface area contributed by atoms with Crippen LogP contribution in [0.1, 0.15) is 74.7 Å². The van der Waals surface area contributed by atoms with Crippen LogP contribution in [0.3, 0.4) is 0 Å². The van der Waals surface area contributed by atoms with Crippen molar-refractivity contribution in [1.82, 2.24) is 15.6 Å². The highest BCUT2D eigenvalue weighted by Gasteiger charge is 2.38. The predicted octanol–water partition coefficient (Wildman–Crippen LogP) is 2.89. The van der Waals surface area contributed by atoms with Crippen molar-refractivity contribution >= 4 is 23.7 Å². The van der Waals surface area contributed by atoms with Gasteiger partial charge in [-0.25, -0.2) is 14.6 Å². The zero-order valence-electron chi connectivity index (χ0n) is 19.8. The predicted molar refractivity (Wildman–Crippen MR) is 120 cm³/mol. The van der Waals surface area contributed by atoms with Gasteiger partial charge in [-0.2, -0.15) is 0 Å². The summed E-state index contributed by atoms with van der Waals surface area (Å²) in [6, 6.07) is 1.66. The molecule has 176 valence electrons. The summed E-state index contributed by atoms with van der Waals surface area (Å²) in [5, 5.41) is 6.01. The van der Waals surface area contributed by atoms with Gasteiger partial charge in [0.15, 0.2) is 0 Å². The van der Waals surface area contributed by atoms with Crippen molar-refractivity contribution in [3.8, 4) is 0 Å². The van der Waals surface area contributed by atoms with Crippen LogP contribution in [0.4, 0.5) is 10.5 Å². The van der Waals surface area contributed by atoms with Crippen LogP contribution >= 0.6 is 0 Å². The molecule has 0 bridgehead atoms.